The van der Waals surface area contributed by atoms with Gasteiger partial charge in [0.05, 0.1) is 12.2 Å². The van der Waals surface area contributed by atoms with E-state index in [1.807, 2.05) is 6.92 Å². The van der Waals surface area contributed by atoms with Crippen LogP contribution in [0.15, 0.2) is 35.3 Å². The van der Waals surface area contributed by atoms with Gasteiger partial charge in [-0.25, -0.2) is 4.99 Å². The molecule has 1 fully saturated rings. The van der Waals surface area contributed by atoms with E-state index in [2.05, 4.69) is 81.4 Å². The zero-order chi connectivity index (χ0) is 22.8. The molecule has 1 aromatic heterocycles. The number of nitrogens with zero attached hydrogens (tertiary/aromatic N) is 5. The van der Waals surface area contributed by atoms with Gasteiger partial charge in [0.2, 0.25) is 0 Å². The standard InChI is InChI=1S/C25H41N7/c1-5-26-25(27-12-6-15-32-22(3)18-21(2)29-32)28-19-23-8-10-24(11-9-23)20-31-14-7-13-30(4)16-17-31/h8-11,18H,5-7,12-17,19-20H2,1-4H3,(H2,26,27,28). The van der Waals surface area contributed by atoms with Gasteiger partial charge in [-0.3, -0.25) is 9.58 Å². The van der Waals surface area contributed by atoms with Crippen LogP contribution in [0.4, 0.5) is 0 Å². The first kappa shape index (κ1) is 24.3. The number of aryl methyl sites for hydroxylation is 3. The second-order valence-corrected chi connectivity index (χ2v) is 8.88. The van der Waals surface area contributed by atoms with Gasteiger partial charge in [-0.05, 0) is 70.9 Å². The smallest absolute Gasteiger partial charge is 0.191 e. The monoisotopic (exact) mass is 439 g/mol. The molecule has 176 valence electrons. The van der Waals surface area contributed by atoms with Crippen LogP contribution in [0.25, 0.3) is 0 Å². The summed E-state index contributed by atoms with van der Waals surface area (Å²) in [5.74, 6) is 0.874. The number of nitrogens with one attached hydrogen (secondary N) is 2. The van der Waals surface area contributed by atoms with Gasteiger partial charge in [0.25, 0.3) is 0 Å². The summed E-state index contributed by atoms with van der Waals surface area (Å²) in [5, 5.41) is 11.3. The average Bonchev–Trinajstić information content (AvgIpc) is 2.96. The van der Waals surface area contributed by atoms with Gasteiger partial charge >= 0.3 is 0 Å². The summed E-state index contributed by atoms with van der Waals surface area (Å²) >= 11 is 0. The van der Waals surface area contributed by atoms with Crippen molar-refractivity contribution >= 4 is 5.96 Å². The molecule has 1 aliphatic heterocycles. The zero-order valence-electron chi connectivity index (χ0n) is 20.4. The molecule has 7 nitrogen and oxygen atoms in total. The number of hydrogen-bond donors (Lipinski definition) is 2. The Morgan fingerprint density at radius 3 is 2.53 bits per heavy atom. The number of likely N-dealkylation sites (N-methyl/N-ethyl adjacent to an activating group) is 1. The molecule has 32 heavy (non-hydrogen) atoms. The Bertz CT molecular complexity index is 840. The van der Waals surface area contributed by atoms with E-state index < -0.39 is 0 Å². The number of aromatic nitrogens is 2. The summed E-state index contributed by atoms with van der Waals surface area (Å²) in [5.41, 5.74) is 4.92. The van der Waals surface area contributed by atoms with E-state index in [4.69, 9.17) is 4.99 Å². The summed E-state index contributed by atoms with van der Waals surface area (Å²) in [6.45, 7) is 15.3. The van der Waals surface area contributed by atoms with Crippen molar-refractivity contribution in [3.8, 4) is 0 Å². The minimum atomic E-state index is 0.682. The molecule has 0 aliphatic carbocycles. The van der Waals surface area contributed by atoms with Crippen LogP contribution < -0.4 is 10.6 Å². The van der Waals surface area contributed by atoms with Gasteiger partial charge in [-0.2, -0.15) is 5.10 Å². The van der Waals surface area contributed by atoms with Crippen molar-refractivity contribution in [1.82, 2.24) is 30.2 Å². The van der Waals surface area contributed by atoms with Crippen molar-refractivity contribution in [2.75, 3.05) is 46.3 Å². The van der Waals surface area contributed by atoms with Crippen molar-refractivity contribution in [3.63, 3.8) is 0 Å². The Morgan fingerprint density at radius 1 is 1.03 bits per heavy atom. The minimum absolute atomic E-state index is 0.682. The Balaban J connectivity index is 1.44. The first-order valence-corrected chi connectivity index (χ1v) is 12.1. The van der Waals surface area contributed by atoms with Crippen LogP contribution in [-0.4, -0.2) is 71.9 Å². The molecule has 7 heteroatoms. The molecule has 0 unspecified atom stereocenters. The highest BCUT2D eigenvalue weighted by molar-refractivity contribution is 5.79. The number of rotatable bonds is 9. The van der Waals surface area contributed by atoms with E-state index in [0.29, 0.717) is 6.54 Å². The van der Waals surface area contributed by atoms with Gasteiger partial charge in [0.1, 0.15) is 0 Å². The van der Waals surface area contributed by atoms with E-state index in [1.165, 1.54) is 36.3 Å². The molecule has 2 heterocycles. The normalized spacial score (nSPS) is 16.2. The summed E-state index contributed by atoms with van der Waals surface area (Å²) < 4.78 is 2.08. The lowest BCUT2D eigenvalue weighted by Gasteiger charge is -2.20. The Hall–Kier alpha value is -2.38. The van der Waals surface area contributed by atoms with Gasteiger partial charge in [0.15, 0.2) is 5.96 Å². The van der Waals surface area contributed by atoms with Crippen LogP contribution in [-0.2, 0) is 19.6 Å². The van der Waals surface area contributed by atoms with Crippen LogP contribution in [0, 0.1) is 13.8 Å². The zero-order valence-corrected chi connectivity index (χ0v) is 20.4. The van der Waals surface area contributed by atoms with E-state index in [1.54, 1.807) is 0 Å². The van der Waals surface area contributed by atoms with Gasteiger partial charge in [-0.1, -0.05) is 24.3 Å². The third-order valence-corrected chi connectivity index (χ3v) is 5.95. The van der Waals surface area contributed by atoms with Crippen LogP contribution in [0.2, 0.25) is 0 Å². The molecule has 0 bridgehead atoms. The maximum absolute atomic E-state index is 4.77. The first-order valence-electron chi connectivity index (χ1n) is 12.1. The maximum atomic E-state index is 4.77. The molecule has 1 saturated heterocycles. The van der Waals surface area contributed by atoms with Crippen LogP contribution >= 0.6 is 0 Å². The van der Waals surface area contributed by atoms with Crippen LogP contribution in [0.3, 0.4) is 0 Å². The molecule has 2 aromatic rings. The molecular weight excluding hydrogens is 398 g/mol. The Labute approximate surface area is 193 Å². The fourth-order valence-corrected chi connectivity index (χ4v) is 4.12. The second kappa shape index (κ2) is 12.6. The van der Waals surface area contributed by atoms with Crippen molar-refractivity contribution in [2.45, 2.75) is 53.2 Å². The maximum Gasteiger partial charge on any atom is 0.191 e. The lowest BCUT2D eigenvalue weighted by atomic mass is 10.1. The van der Waals surface area contributed by atoms with E-state index in [0.717, 1.165) is 57.3 Å². The molecule has 0 amide bonds. The van der Waals surface area contributed by atoms with E-state index in [-0.39, 0.29) is 0 Å². The number of guanidine groups is 1. The second-order valence-electron chi connectivity index (χ2n) is 8.88. The number of benzene rings is 1. The van der Waals surface area contributed by atoms with Gasteiger partial charge in [-0.15, -0.1) is 0 Å². The topological polar surface area (TPSA) is 60.7 Å². The molecule has 2 N–H and O–H groups in total. The van der Waals surface area contributed by atoms with Gasteiger partial charge < -0.3 is 15.5 Å². The summed E-state index contributed by atoms with van der Waals surface area (Å²) in [6, 6.07) is 11.1. The number of hydrogen-bond acceptors (Lipinski definition) is 4. The molecule has 3 rings (SSSR count). The third kappa shape index (κ3) is 7.95. The van der Waals surface area contributed by atoms with Gasteiger partial charge in [0, 0.05) is 45.0 Å². The van der Waals surface area contributed by atoms with Crippen molar-refractivity contribution < 1.29 is 0 Å². The summed E-state index contributed by atoms with van der Waals surface area (Å²) in [4.78, 5) is 9.76. The predicted octanol–water partition coefficient (Wildman–Crippen LogP) is 2.78. The highest BCUT2D eigenvalue weighted by Crippen LogP contribution is 2.11. The summed E-state index contributed by atoms with van der Waals surface area (Å²) in [6.07, 6.45) is 2.26. The molecule has 0 saturated carbocycles. The highest BCUT2D eigenvalue weighted by Gasteiger charge is 2.12. The van der Waals surface area contributed by atoms with Crippen molar-refractivity contribution in [1.29, 1.82) is 0 Å². The number of aliphatic imine (C=N–C) groups is 1. The Kier molecular flexibility index (Phi) is 9.56. The molecule has 0 spiro atoms. The molecule has 1 aromatic carbocycles. The highest BCUT2D eigenvalue weighted by atomic mass is 15.3. The largest absolute Gasteiger partial charge is 0.357 e. The lowest BCUT2D eigenvalue weighted by Crippen LogP contribution is -2.38. The predicted molar refractivity (Wildman–Crippen MR) is 133 cm³/mol. The molecule has 0 radical (unpaired) electrons. The molecular formula is C25H41N7. The molecule has 0 atom stereocenters. The average molecular weight is 440 g/mol. The quantitative estimate of drug-likeness (QED) is 0.357. The summed E-state index contributed by atoms with van der Waals surface area (Å²) in [7, 11) is 2.22. The third-order valence-electron chi connectivity index (χ3n) is 5.95. The fraction of sp³-hybridized carbons (Fsp3) is 0.600. The van der Waals surface area contributed by atoms with Crippen molar-refractivity contribution in [2.24, 2.45) is 4.99 Å². The van der Waals surface area contributed by atoms with E-state index in [9.17, 15) is 0 Å². The molecule has 1 aliphatic rings. The van der Waals surface area contributed by atoms with E-state index >= 15 is 0 Å². The van der Waals surface area contributed by atoms with Crippen molar-refractivity contribution in [3.05, 3.63) is 52.8 Å². The van der Waals surface area contributed by atoms with Crippen LogP contribution in [0.5, 0.6) is 0 Å². The Morgan fingerprint density at radius 2 is 1.81 bits per heavy atom. The fourth-order valence-electron chi connectivity index (χ4n) is 4.12. The first-order chi connectivity index (χ1) is 15.5. The lowest BCUT2D eigenvalue weighted by molar-refractivity contribution is 0.269. The minimum Gasteiger partial charge on any atom is -0.357 e. The SMILES string of the molecule is CCNC(=NCc1ccc(CN2CCCN(C)CC2)cc1)NCCCn1nc(C)cc1C. The van der Waals surface area contributed by atoms with Crippen LogP contribution in [0.1, 0.15) is 42.3 Å².